The van der Waals surface area contributed by atoms with Crippen LogP contribution in [-0.4, -0.2) is 60.9 Å². The minimum Gasteiger partial charge on any atom is -0.351 e. The van der Waals surface area contributed by atoms with Crippen LogP contribution in [0.2, 0.25) is 0 Å². The number of nitrogens with one attached hydrogen (secondary N) is 1. The van der Waals surface area contributed by atoms with Crippen molar-refractivity contribution < 1.29 is 18.4 Å². The lowest BCUT2D eigenvalue weighted by Crippen LogP contribution is -2.49. The molecule has 2 amide bonds. The van der Waals surface area contributed by atoms with Crippen molar-refractivity contribution in [1.82, 2.24) is 15.1 Å². The van der Waals surface area contributed by atoms with Crippen LogP contribution >= 0.6 is 0 Å². The highest BCUT2D eigenvalue weighted by molar-refractivity contribution is 5.94. The second-order valence-corrected chi connectivity index (χ2v) is 6.71. The van der Waals surface area contributed by atoms with E-state index in [-0.39, 0.29) is 24.4 Å². The highest BCUT2D eigenvalue weighted by Crippen LogP contribution is 2.10. The Kier molecular flexibility index (Phi) is 6.87. The molecule has 0 atom stereocenters. The van der Waals surface area contributed by atoms with Gasteiger partial charge >= 0.3 is 0 Å². The molecule has 1 heterocycles. The maximum absolute atomic E-state index is 13.5. The van der Waals surface area contributed by atoms with E-state index in [9.17, 15) is 18.4 Å². The smallest absolute Gasteiger partial charge is 0.254 e. The maximum atomic E-state index is 13.5. The summed E-state index contributed by atoms with van der Waals surface area (Å²) >= 11 is 0. The Bertz CT molecular complexity index is 614. The van der Waals surface area contributed by atoms with E-state index in [0.717, 1.165) is 31.8 Å². The quantitative estimate of drug-likeness (QED) is 0.850. The Labute approximate surface area is 147 Å². The molecule has 0 spiro atoms. The summed E-state index contributed by atoms with van der Waals surface area (Å²) in [5.41, 5.74) is -0.226. The first-order chi connectivity index (χ1) is 11.9. The van der Waals surface area contributed by atoms with Gasteiger partial charge < -0.3 is 10.2 Å². The predicted molar refractivity (Wildman–Crippen MR) is 91.2 cm³/mol. The minimum atomic E-state index is -0.912. The van der Waals surface area contributed by atoms with Crippen LogP contribution in [0.5, 0.6) is 0 Å². The molecule has 1 aromatic carbocycles. The standard InChI is InChI=1S/C18H25F2N3O2/c1-13(2)12-22-7-9-23(10-8-22)17(24)5-6-21-18(25)15-4-3-14(19)11-16(15)20/h3-4,11,13H,5-10,12H2,1-2H3,(H,21,25). The number of benzene rings is 1. The van der Waals surface area contributed by atoms with Crippen LogP contribution in [0.25, 0.3) is 0 Å². The molecule has 2 rings (SSSR count). The first kappa shape index (κ1) is 19.3. The molecule has 0 aromatic heterocycles. The molecule has 1 aliphatic rings. The average molecular weight is 353 g/mol. The third kappa shape index (κ3) is 5.77. The van der Waals surface area contributed by atoms with Crippen LogP contribution in [0.4, 0.5) is 8.78 Å². The maximum Gasteiger partial charge on any atom is 0.254 e. The van der Waals surface area contributed by atoms with Gasteiger partial charge in [-0.3, -0.25) is 14.5 Å². The molecule has 0 saturated carbocycles. The van der Waals surface area contributed by atoms with Crippen molar-refractivity contribution in [2.45, 2.75) is 20.3 Å². The zero-order valence-corrected chi connectivity index (χ0v) is 14.7. The van der Waals surface area contributed by atoms with Crippen LogP contribution in [0.3, 0.4) is 0 Å². The SMILES string of the molecule is CC(C)CN1CCN(C(=O)CCNC(=O)c2ccc(F)cc2F)CC1. The first-order valence-electron chi connectivity index (χ1n) is 8.60. The van der Waals surface area contributed by atoms with E-state index in [1.807, 2.05) is 0 Å². The van der Waals surface area contributed by atoms with E-state index >= 15 is 0 Å². The molecule has 0 aliphatic carbocycles. The second kappa shape index (κ2) is 8.89. The van der Waals surface area contributed by atoms with E-state index in [0.29, 0.717) is 25.1 Å². The number of hydrogen-bond donors (Lipinski definition) is 1. The lowest BCUT2D eigenvalue weighted by molar-refractivity contribution is -0.132. The summed E-state index contributed by atoms with van der Waals surface area (Å²) in [5.74, 6) is -1.72. The van der Waals surface area contributed by atoms with E-state index in [1.54, 1.807) is 4.90 Å². The summed E-state index contributed by atoms with van der Waals surface area (Å²) in [5, 5.41) is 2.50. The summed E-state index contributed by atoms with van der Waals surface area (Å²) in [7, 11) is 0. The normalized spacial score (nSPS) is 15.5. The minimum absolute atomic E-state index is 0.0240. The van der Waals surface area contributed by atoms with Gasteiger partial charge in [-0.15, -0.1) is 0 Å². The highest BCUT2D eigenvalue weighted by atomic mass is 19.1. The first-order valence-corrected chi connectivity index (χ1v) is 8.60. The fraction of sp³-hybridized carbons (Fsp3) is 0.556. The topological polar surface area (TPSA) is 52.6 Å². The average Bonchev–Trinajstić information content (AvgIpc) is 2.54. The van der Waals surface area contributed by atoms with Gasteiger partial charge in [-0.1, -0.05) is 13.8 Å². The number of piperazine rings is 1. The Balaban J connectivity index is 1.73. The fourth-order valence-electron chi connectivity index (χ4n) is 2.91. The molecule has 1 aromatic rings. The monoisotopic (exact) mass is 353 g/mol. The Morgan fingerprint density at radius 2 is 1.84 bits per heavy atom. The largest absolute Gasteiger partial charge is 0.351 e. The molecule has 25 heavy (non-hydrogen) atoms. The van der Waals surface area contributed by atoms with Crippen molar-refractivity contribution in [2.24, 2.45) is 5.92 Å². The van der Waals surface area contributed by atoms with Crippen LogP contribution in [0, 0.1) is 17.6 Å². The molecule has 0 unspecified atom stereocenters. The number of carbonyl (C=O) groups is 2. The number of hydrogen-bond acceptors (Lipinski definition) is 3. The van der Waals surface area contributed by atoms with Crippen LogP contribution in [0.15, 0.2) is 18.2 Å². The Morgan fingerprint density at radius 1 is 1.16 bits per heavy atom. The van der Waals surface area contributed by atoms with Crippen molar-refractivity contribution in [2.75, 3.05) is 39.3 Å². The van der Waals surface area contributed by atoms with Gasteiger partial charge in [0.15, 0.2) is 0 Å². The molecule has 1 aliphatic heterocycles. The zero-order chi connectivity index (χ0) is 18.4. The van der Waals surface area contributed by atoms with Gasteiger partial charge in [0.1, 0.15) is 11.6 Å². The number of halogens is 2. The number of nitrogens with zero attached hydrogens (tertiary/aromatic N) is 2. The highest BCUT2D eigenvalue weighted by Gasteiger charge is 2.21. The molecule has 1 N–H and O–H groups in total. The van der Waals surface area contributed by atoms with Crippen molar-refractivity contribution >= 4 is 11.8 Å². The molecule has 1 saturated heterocycles. The molecular formula is C18H25F2N3O2. The van der Waals surface area contributed by atoms with Gasteiger partial charge in [0.25, 0.3) is 5.91 Å². The van der Waals surface area contributed by atoms with Gasteiger partial charge in [-0.05, 0) is 18.1 Å². The number of carbonyl (C=O) groups excluding carboxylic acids is 2. The molecule has 7 heteroatoms. The van der Waals surface area contributed by atoms with Gasteiger partial charge in [0.2, 0.25) is 5.91 Å². The third-order valence-electron chi connectivity index (χ3n) is 4.15. The lowest BCUT2D eigenvalue weighted by atomic mass is 10.2. The van der Waals surface area contributed by atoms with E-state index in [1.165, 1.54) is 0 Å². The second-order valence-electron chi connectivity index (χ2n) is 6.71. The molecule has 1 fully saturated rings. The predicted octanol–water partition coefficient (Wildman–Crippen LogP) is 1.88. The lowest BCUT2D eigenvalue weighted by Gasteiger charge is -2.35. The van der Waals surface area contributed by atoms with Crippen LogP contribution in [0.1, 0.15) is 30.6 Å². The van der Waals surface area contributed by atoms with Crippen molar-refractivity contribution in [1.29, 1.82) is 0 Å². The van der Waals surface area contributed by atoms with E-state index in [2.05, 4.69) is 24.1 Å². The molecule has 0 bridgehead atoms. The van der Waals surface area contributed by atoms with Crippen molar-refractivity contribution in [3.8, 4) is 0 Å². The van der Waals surface area contributed by atoms with Crippen molar-refractivity contribution in [3.63, 3.8) is 0 Å². The third-order valence-corrected chi connectivity index (χ3v) is 4.15. The molecule has 138 valence electrons. The van der Waals surface area contributed by atoms with Crippen LogP contribution in [-0.2, 0) is 4.79 Å². The van der Waals surface area contributed by atoms with Gasteiger partial charge in [0.05, 0.1) is 5.56 Å². The molecular weight excluding hydrogens is 328 g/mol. The van der Waals surface area contributed by atoms with Gasteiger partial charge in [-0.25, -0.2) is 8.78 Å². The van der Waals surface area contributed by atoms with Crippen LogP contribution < -0.4 is 5.32 Å². The zero-order valence-electron chi connectivity index (χ0n) is 14.7. The summed E-state index contributed by atoms with van der Waals surface area (Å²) in [6.07, 6.45) is 0.165. The van der Waals surface area contributed by atoms with E-state index in [4.69, 9.17) is 0 Å². The summed E-state index contributed by atoms with van der Waals surface area (Å²) in [6, 6.07) is 2.78. The summed E-state index contributed by atoms with van der Waals surface area (Å²) < 4.78 is 26.4. The number of amides is 2. The van der Waals surface area contributed by atoms with E-state index < -0.39 is 17.5 Å². The van der Waals surface area contributed by atoms with Gasteiger partial charge in [-0.2, -0.15) is 0 Å². The summed E-state index contributed by atoms with van der Waals surface area (Å²) in [6.45, 7) is 8.59. The number of rotatable bonds is 6. The Morgan fingerprint density at radius 3 is 2.44 bits per heavy atom. The molecule has 0 radical (unpaired) electrons. The van der Waals surface area contributed by atoms with Crippen molar-refractivity contribution in [3.05, 3.63) is 35.4 Å². The Hall–Kier alpha value is -2.02. The fourth-order valence-corrected chi connectivity index (χ4v) is 2.91. The summed E-state index contributed by atoms with van der Waals surface area (Å²) in [4.78, 5) is 28.2. The van der Waals surface area contributed by atoms with Gasteiger partial charge in [0, 0.05) is 51.8 Å². The molecule has 5 nitrogen and oxygen atoms in total.